The van der Waals surface area contributed by atoms with Crippen LogP contribution in [-0.2, 0) is 4.79 Å². The number of hydrogen-bond acceptors (Lipinski definition) is 4. The Morgan fingerprint density at radius 3 is 2.65 bits per heavy atom. The van der Waals surface area contributed by atoms with E-state index in [-0.39, 0.29) is 17.9 Å². The summed E-state index contributed by atoms with van der Waals surface area (Å²) in [6, 6.07) is 15.2. The Kier molecular flexibility index (Phi) is 6.33. The zero-order chi connectivity index (χ0) is 21.8. The quantitative estimate of drug-likeness (QED) is 0.716. The molecule has 0 spiro atoms. The van der Waals surface area contributed by atoms with E-state index in [1.807, 2.05) is 59.5 Å². The molecule has 3 atom stereocenters. The standard InChI is InChI=1S/C26H31NO4/c1-30-20-12-13-23(31-2)21(18-20)25-22-10-6-7-15-26(22,29)16-17-27(25)24(28)14-11-19-8-4-3-5-9-19/h3-5,8-9,11-14,18,22,25,29H,6-7,10,15-17H2,1-2H3/b14-11+. The highest BCUT2D eigenvalue weighted by molar-refractivity contribution is 5.92. The van der Waals surface area contributed by atoms with Gasteiger partial charge in [-0.3, -0.25) is 4.79 Å². The lowest BCUT2D eigenvalue weighted by molar-refractivity contribution is -0.151. The summed E-state index contributed by atoms with van der Waals surface area (Å²) in [5, 5.41) is 11.5. The maximum Gasteiger partial charge on any atom is 0.247 e. The average molecular weight is 422 g/mol. The Morgan fingerprint density at radius 2 is 1.90 bits per heavy atom. The van der Waals surface area contributed by atoms with Gasteiger partial charge in [-0.1, -0.05) is 43.2 Å². The van der Waals surface area contributed by atoms with Crippen LogP contribution in [-0.4, -0.2) is 42.3 Å². The van der Waals surface area contributed by atoms with Gasteiger partial charge < -0.3 is 19.5 Å². The van der Waals surface area contributed by atoms with Crippen molar-refractivity contribution < 1.29 is 19.4 Å². The SMILES string of the molecule is COc1ccc(OC)c(C2C3CCCCC3(O)CCN2C(=O)/C=C/c2ccccc2)c1. The summed E-state index contributed by atoms with van der Waals surface area (Å²) in [4.78, 5) is 15.3. The number of methoxy groups -OCH3 is 2. The molecular weight excluding hydrogens is 390 g/mol. The van der Waals surface area contributed by atoms with Gasteiger partial charge in [0.05, 0.1) is 25.9 Å². The van der Waals surface area contributed by atoms with Crippen LogP contribution in [0.3, 0.4) is 0 Å². The van der Waals surface area contributed by atoms with E-state index in [9.17, 15) is 9.90 Å². The molecular formula is C26H31NO4. The smallest absolute Gasteiger partial charge is 0.247 e. The second kappa shape index (κ2) is 9.15. The minimum absolute atomic E-state index is 0.0370. The summed E-state index contributed by atoms with van der Waals surface area (Å²) in [6.07, 6.45) is 7.84. The van der Waals surface area contributed by atoms with Gasteiger partial charge in [0, 0.05) is 24.1 Å². The Morgan fingerprint density at radius 1 is 1.10 bits per heavy atom. The van der Waals surface area contributed by atoms with E-state index in [0.717, 1.165) is 36.8 Å². The fourth-order valence-electron chi connectivity index (χ4n) is 5.21. The van der Waals surface area contributed by atoms with Crippen molar-refractivity contribution in [2.24, 2.45) is 5.92 Å². The lowest BCUT2D eigenvalue weighted by Gasteiger charge is -2.52. The topological polar surface area (TPSA) is 59.0 Å². The highest BCUT2D eigenvalue weighted by atomic mass is 16.5. The maximum atomic E-state index is 13.4. The van der Waals surface area contributed by atoms with E-state index in [1.165, 1.54) is 0 Å². The monoisotopic (exact) mass is 421 g/mol. The van der Waals surface area contributed by atoms with Gasteiger partial charge in [-0.15, -0.1) is 0 Å². The Bertz CT molecular complexity index is 942. The van der Waals surface area contributed by atoms with Crippen molar-refractivity contribution in [1.29, 1.82) is 0 Å². The Labute approximate surface area is 184 Å². The normalized spacial score (nSPS) is 25.8. The molecule has 1 N–H and O–H groups in total. The van der Waals surface area contributed by atoms with Crippen LogP contribution in [0.25, 0.3) is 6.08 Å². The number of piperidine rings is 1. The first kappa shape index (κ1) is 21.4. The first-order valence-corrected chi connectivity index (χ1v) is 11.0. The third-order valence-electron chi connectivity index (χ3n) is 6.82. The molecule has 5 heteroatoms. The first-order chi connectivity index (χ1) is 15.1. The van der Waals surface area contributed by atoms with E-state index in [2.05, 4.69) is 0 Å². The Balaban J connectivity index is 1.73. The molecule has 31 heavy (non-hydrogen) atoms. The molecule has 1 heterocycles. The largest absolute Gasteiger partial charge is 0.497 e. The third kappa shape index (κ3) is 4.33. The van der Waals surface area contributed by atoms with Gasteiger partial charge in [0.2, 0.25) is 5.91 Å². The molecule has 1 saturated heterocycles. The number of likely N-dealkylation sites (tertiary alicyclic amines) is 1. The third-order valence-corrected chi connectivity index (χ3v) is 6.82. The lowest BCUT2D eigenvalue weighted by atomic mass is 9.66. The van der Waals surface area contributed by atoms with Gasteiger partial charge in [-0.05, 0) is 49.1 Å². The van der Waals surface area contributed by atoms with E-state index >= 15 is 0 Å². The second-order valence-corrected chi connectivity index (χ2v) is 8.53. The number of ether oxygens (including phenoxy) is 2. The van der Waals surface area contributed by atoms with E-state index in [4.69, 9.17) is 9.47 Å². The van der Waals surface area contributed by atoms with Crippen LogP contribution in [0.5, 0.6) is 11.5 Å². The summed E-state index contributed by atoms with van der Waals surface area (Å²) in [7, 11) is 3.28. The van der Waals surface area contributed by atoms with Gasteiger partial charge in [-0.2, -0.15) is 0 Å². The molecule has 1 aliphatic carbocycles. The van der Waals surface area contributed by atoms with Crippen LogP contribution in [0.4, 0.5) is 0 Å². The Hall–Kier alpha value is -2.79. The maximum absolute atomic E-state index is 13.4. The number of carbonyl (C=O) groups excluding carboxylic acids is 1. The number of nitrogens with zero attached hydrogens (tertiary/aromatic N) is 1. The van der Waals surface area contributed by atoms with Gasteiger partial charge in [-0.25, -0.2) is 0 Å². The van der Waals surface area contributed by atoms with Crippen molar-refractivity contribution in [1.82, 2.24) is 4.90 Å². The number of amides is 1. The molecule has 2 fully saturated rings. The summed E-state index contributed by atoms with van der Waals surface area (Å²) in [5.74, 6) is 1.34. The zero-order valence-corrected chi connectivity index (χ0v) is 18.3. The van der Waals surface area contributed by atoms with Crippen LogP contribution in [0.15, 0.2) is 54.6 Å². The molecule has 2 aromatic carbocycles. The first-order valence-electron chi connectivity index (χ1n) is 11.0. The van der Waals surface area contributed by atoms with Crippen LogP contribution < -0.4 is 9.47 Å². The van der Waals surface area contributed by atoms with Crippen LogP contribution in [0.1, 0.15) is 49.3 Å². The van der Waals surface area contributed by atoms with Gasteiger partial charge in [0.15, 0.2) is 0 Å². The number of benzene rings is 2. The summed E-state index contributed by atoms with van der Waals surface area (Å²) < 4.78 is 11.1. The van der Waals surface area contributed by atoms with E-state index in [1.54, 1.807) is 20.3 Å². The van der Waals surface area contributed by atoms with Crippen molar-refractivity contribution in [2.75, 3.05) is 20.8 Å². The summed E-state index contributed by atoms with van der Waals surface area (Å²) >= 11 is 0. The predicted molar refractivity (Wildman–Crippen MR) is 121 cm³/mol. The molecule has 3 unspecified atom stereocenters. The fraction of sp³-hybridized carbons (Fsp3) is 0.423. The highest BCUT2D eigenvalue weighted by Crippen LogP contribution is 2.51. The van der Waals surface area contributed by atoms with Crippen molar-refractivity contribution >= 4 is 12.0 Å². The minimum atomic E-state index is -0.753. The predicted octanol–water partition coefficient (Wildman–Crippen LogP) is 4.61. The molecule has 164 valence electrons. The van der Waals surface area contributed by atoms with Gasteiger partial charge in [0.25, 0.3) is 0 Å². The number of carbonyl (C=O) groups is 1. The highest BCUT2D eigenvalue weighted by Gasteiger charge is 2.50. The van der Waals surface area contributed by atoms with Gasteiger partial charge >= 0.3 is 0 Å². The number of aliphatic hydroxyl groups is 1. The van der Waals surface area contributed by atoms with Crippen molar-refractivity contribution in [3.8, 4) is 11.5 Å². The number of rotatable bonds is 5. The summed E-state index contributed by atoms with van der Waals surface area (Å²) in [6.45, 7) is 0.510. The molecule has 0 aromatic heterocycles. The van der Waals surface area contributed by atoms with E-state index in [0.29, 0.717) is 24.5 Å². The minimum Gasteiger partial charge on any atom is -0.497 e. The van der Waals surface area contributed by atoms with Crippen LogP contribution >= 0.6 is 0 Å². The van der Waals surface area contributed by atoms with Crippen molar-refractivity contribution in [2.45, 2.75) is 43.7 Å². The van der Waals surface area contributed by atoms with Crippen LogP contribution in [0.2, 0.25) is 0 Å². The zero-order valence-electron chi connectivity index (χ0n) is 18.3. The molecule has 2 aliphatic rings. The molecule has 2 aromatic rings. The molecule has 0 bridgehead atoms. The molecule has 4 rings (SSSR count). The molecule has 1 amide bonds. The molecule has 5 nitrogen and oxygen atoms in total. The van der Waals surface area contributed by atoms with Crippen molar-refractivity contribution in [3.05, 3.63) is 65.7 Å². The molecule has 1 saturated carbocycles. The fourth-order valence-corrected chi connectivity index (χ4v) is 5.21. The van der Waals surface area contributed by atoms with Crippen LogP contribution in [0, 0.1) is 5.92 Å². The second-order valence-electron chi connectivity index (χ2n) is 8.53. The number of fused-ring (bicyclic) bond motifs is 1. The van der Waals surface area contributed by atoms with Crippen molar-refractivity contribution in [3.63, 3.8) is 0 Å². The molecule has 1 aliphatic heterocycles. The average Bonchev–Trinajstić information content (AvgIpc) is 2.81. The van der Waals surface area contributed by atoms with E-state index < -0.39 is 5.60 Å². The molecule has 0 radical (unpaired) electrons. The lowest BCUT2D eigenvalue weighted by Crippen LogP contribution is -2.56. The summed E-state index contributed by atoms with van der Waals surface area (Å²) in [5.41, 5.74) is 1.13. The number of hydrogen-bond donors (Lipinski definition) is 1. The van der Waals surface area contributed by atoms with Gasteiger partial charge in [0.1, 0.15) is 11.5 Å².